The molecule has 2 aromatic rings. The Morgan fingerprint density at radius 1 is 0.371 bits per heavy atom. The van der Waals surface area contributed by atoms with Crippen LogP contribution in [0.5, 0.6) is 0 Å². The van der Waals surface area contributed by atoms with Crippen LogP contribution in [-0.4, -0.2) is 4.70 Å². The predicted octanol–water partition coefficient (Wildman–Crippen LogP) is 23.3. The molecule has 0 unspecified atom stereocenters. The van der Waals surface area contributed by atoms with E-state index in [1.807, 2.05) is 14.4 Å². The maximum absolute atomic E-state index is 12.3. The SMILES string of the molecule is CCCCCCCCCCCCCC=CC1=C(c2cc(CCCCCC)cc(CCCCCC)c2)[N+](=[N-])C(c2cc(CCCCC)cc(CCCCC)c2)=C1.CCCCCC[CH2][Ni][CH2]CCCCCC. The Labute approximate surface area is 443 Å². The number of allylic oxidation sites excluding steroid dienone is 4. The minimum atomic E-state index is 0.927. The van der Waals surface area contributed by atoms with E-state index in [4.69, 9.17) is 0 Å². The van der Waals surface area contributed by atoms with Crippen LogP contribution in [0.1, 0.15) is 313 Å². The van der Waals surface area contributed by atoms with E-state index in [-0.39, 0.29) is 0 Å². The fourth-order valence-corrected chi connectivity index (χ4v) is 11.2. The van der Waals surface area contributed by atoms with Crippen molar-refractivity contribution < 1.29 is 19.1 Å². The quantitative estimate of drug-likeness (QED) is 0.0359. The van der Waals surface area contributed by atoms with Crippen molar-refractivity contribution in [2.24, 2.45) is 0 Å². The topological polar surface area (TPSA) is 25.3 Å². The molecule has 0 atom stereocenters. The summed E-state index contributed by atoms with van der Waals surface area (Å²) in [4.78, 5) is 0. The molecule has 1 aliphatic rings. The molecule has 2 aromatic carbocycles. The first-order valence-corrected chi connectivity index (χ1v) is 32.2. The summed E-state index contributed by atoms with van der Waals surface area (Å²) in [6, 6.07) is 14.4. The Kier molecular flexibility index (Phi) is 41.4. The molecule has 0 fully saturated rings. The summed E-state index contributed by atoms with van der Waals surface area (Å²) in [6.07, 6.45) is 59.6. The Morgan fingerprint density at radius 2 is 0.686 bits per heavy atom. The second-order valence-electron chi connectivity index (χ2n) is 21.3. The molecule has 0 N–H and O–H groups in total. The van der Waals surface area contributed by atoms with Gasteiger partial charge in [-0.1, -0.05) is 187 Å². The van der Waals surface area contributed by atoms with E-state index in [0.717, 1.165) is 54.6 Å². The number of unbranched alkanes of at least 4 members (excludes halogenated alkanes) is 29. The molecule has 402 valence electrons. The monoisotopic (exact) mass is 1000 g/mol. The van der Waals surface area contributed by atoms with Gasteiger partial charge in [0.1, 0.15) is 0 Å². The van der Waals surface area contributed by atoms with Gasteiger partial charge in [-0.2, -0.15) is 0 Å². The van der Waals surface area contributed by atoms with E-state index in [0.29, 0.717) is 0 Å². The van der Waals surface area contributed by atoms with Gasteiger partial charge in [-0.25, -0.2) is 4.70 Å². The maximum atomic E-state index is 12.3. The van der Waals surface area contributed by atoms with Gasteiger partial charge < -0.3 is 5.53 Å². The fourth-order valence-electron chi connectivity index (χ4n) is 9.94. The molecule has 0 spiro atoms. The van der Waals surface area contributed by atoms with Crippen molar-refractivity contribution in [1.82, 2.24) is 0 Å². The average Bonchev–Trinajstić information content (AvgIpc) is 3.70. The molecule has 2 nitrogen and oxygen atoms in total. The van der Waals surface area contributed by atoms with Gasteiger partial charge in [0.25, 0.3) is 0 Å². The molecule has 70 heavy (non-hydrogen) atoms. The average molecular weight is 1010 g/mol. The van der Waals surface area contributed by atoms with Crippen molar-refractivity contribution >= 4 is 11.4 Å². The van der Waals surface area contributed by atoms with Gasteiger partial charge in [0.2, 0.25) is 11.4 Å². The summed E-state index contributed by atoms with van der Waals surface area (Å²) in [5, 5.41) is 2.84. The van der Waals surface area contributed by atoms with E-state index in [1.54, 1.807) is 4.70 Å². The van der Waals surface area contributed by atoms with Crippen LogP contribution in [0.15, 0.2) is 60.2 Å². The molecule has 1 heterocycles. The standard InChI is InChI=1S/C53H84N2.2C7H15.Ni/c1-6-11-16-19-20-21-22-23-24-25-26-27-32-37-49-44-52(50-40-45(33-28-14-9-4)38-46(41-50)34-29-15-10-5)55(54)53(49)51-42-47(35-30-17-12-7-2)39-48(43-51)36-31-18-13-8-3;2*1-3-5-7-6-4-2;/h32,37-44H,6-31,33-36H2,1-5H3;2*1,3-7H2,2H3;. The summed E-state index contributed by atoms with van der Waals surface area (Å²) in [6.45, 7) is 16.0. The van der Waals surface area contributed by atoms with Crippen LogP contribution in [-0.2, 0) is 40.1 Å². The fraction of sp³-hybridized carbons (Fsp3) is 0.731. The van der Waals surface area contributed by atoms with E-state index < -0.39 is 0 Å². The third kappa shape index (κ3) is 30.7. The summed E-state index contributed by atoms with van der Waals surface area (Å²) in [5.74, 6) is 0. The summed E-state index contributed by atoms with van der Waals surface area (Å²) >= 11 is 2.00. The number of nitrogens with zero attached hydrogens (tertiary/aromatic N) is 2. The Hall–Kier alpha value is -2.25. The van der Waals surface area contributed by atoms with E-state index >= 15 is 0 Å². The molecule has 3 rings (SSSR count). The molecule has 0 aliphatic carbocycles. The number of hydrogen-bond donors (Lipinski definition) is 0. The first-order valence-electron chi connectivity index (χ1n) is 30.8. The van der Waals surface area contributed by atoms with Crippen molar-refractivity contribution in [2.45, 2.75) is 316 Å². The number of benzene rings is 2. The van der Waals surface area contributed by atoms with Gasteiger partial charge in [0.15, 0.2) is 0 Å². The molecule has 0 bridgehead atoms. The van der Waals surface area contributed by atoms with Crippen molar-refractivity contribution in [2.75, 3.05) is 0 Å². The number of aryl methyl sites for hydroxylation is 4. The van der Waals surface area contributed by atoms with Crippen LogP contribution in [0.4, 0.5) is 0 Å². The van der Waals surface area contributed by atoms with Crippen molar-refractivity contribution in [3.63, 3.8) is 0 Å². The van der Waals surface area contributed by atoms with Gasteiger partial charge in [-0.3, -0.25) is 0 Å². The minimum absolute atomic E-state index is 0.927. The van der Waals surface area contributed by atoms with Crippen molar-refractivity contribution in [3.05, 3.63) is 99.1 Å². The zero-order valence-corrected chi connectivity index (χ0v) is 48.6. The molecule has 3 heteroatoms. The Morgan fingerprint density at radius 3 is 1.09 bits per heavy atom. The molecule has 0 saturated carbocycles. The molecular formula is C67H114N2Ni. The van der Waals surface area contributed by atoms with Gasteiger partial charge in [0, 0.05) is 17.2 Å². The summed E-state index contributed by atoms with van der Waals surface area (Å²) < 4.78 is 1.56. The van der Waals surface area contributed by atoms with Crippen LogP contribution < -0.4 is 0 Å². The van der Waals surface area contributed by atoms with Gasteiger partial charge in [-0.05, 0) is 111 Å². The van der Waals surface area contributed by atoms with Crippen LogP contribution in [0, 0.1) is 0 Å². The molecule has 0 radical (unpaired) electrons. The van der Waals surface area contributed by atoms with Gasteiger partial charge >= 0.3 is 103 Å². The molecule has 0 saturated heterocycles. The number of hydrogen-bond acceptors (Lipinski definition) is 0. The zero-order chi connectivity index (χ0) is 50.5. The van der Waals surface area contributed by atoms with Gasteiger partial charge in [-0.15, -0.1) is 0 Å². The van der Waals surface area contributed by atoms with E-state index in [9.17, 15) is 5.53 Å². The van der Waals surface area contributed by atoms with Crippen LogP contribution in [0.25, 0.3) is 16.9 Å². The first kappa shape index (κ1) is 63.9. The summed E-state index contributed by atoms with van der Waals surface area (Å²) in [5.41, 5.74) is 23.3. The van der Waals surface area contributed by atoms with Crippen molar-refractivity contribution in [3.8, 4) is 0 Å². The van der Waals surface area contributed by atoms with Crippen LogP contribution in [0.2, 0.25) is 10.8 Å². The summed E-state index contributed by atoms with van der Waals surface area (Å²) in [7, 11) is 0. The Bertz CT molecular complexity index is 1590. The normalized spacial score (nSPS) is 12.7. The predicted molar refractivity (Wildman–Crippen MR) is 311 cm³/mol. The molecule has 0 aromatic heterocycles. The van der Waals surface area contributed by atoms with Gasteiger partial charge in [0.05, 0.1) is 5.57 Å². The van der Waals surface area contributed by atoms with E-state index in [1.165, 1.54) is 263 Å². The Balaban J connectivity index is 0.000000960. The molecule has 0 amide bonds. The van der Waals surface area contributed by atoms with Crippen LogP contribution >= 0.6 is 0 Å². The molecular weight excluding hydrogens is 891 g/mol. The van der Waals surface area contributed by atoms with E-state index in [2.05, 4.69) is 103 Å². The molecule has 1 aliphatic heterocycles. The van der Waals surface area contributed by atoms with Crippen LogP contribution in [0.3, 0.4) is 0 Å². The number of rotatable bonds is 45. The third-order valence-corrected chi connectivity index (χ3v) is 15.8. The zero-order valence-electron chi connectivity index (χ0n) is 47.6. The van der Waals surface area contributed by atoms with Crippen molar-refractivity contribution in [1.29, 1.82) is 0 Å². The first-order chi connectivity index (χ1) is 34.5. The second-order valence-corrected chi connectivity index (χ2v) is 22.8. The second kappa shape index (κ2) is 45.4. The third-order valence-electron chi connectivity index (χ3n) is 14.4.